The summed E-state index contributed by atoms with van der Waals surface area (Å²) < 4.78 is 27.1. The van der Waals surface area contributed by atoms with E-state index in [-0.39, 0.29) is 24.1 Å². The number of aryl methyl sites for hydroxylation is 1. The van der Waals surface area contributed by atoms with Gasteiger partial charge >= 0.3 is 0 Å². The minimum absolute atomic E-state index is 0.0980. The Kier molecular flexibility index (Phi) is 6.75. The molecular weight excluding hydrogens is 396 g/mol. The molecule has 0 aliphatic carbocycles. The second-order valence-electron chi connectivity index (χ2n) is 7.25. The van der Waals surface area contributed by atoms with Gasteiger partial charge in [-0.3, -0.25) is 4.79 Å². The molecule has 1 atom stereocenters. The van der Waals surface area contributed by atoms with Crippen LogP contribution in [0.3, 0.4) is 0 Å². The highest BCUT2D eigenvalue weighted by Gasteiger charge is 2.32. The van der Waals surface area contributed by atoms with Crippen LogP contribution in [0, 0.1) is 12.8 Å². The SMILES string of the molecule is Cc1cccc(CNC(=O)[C@H]2CCCN(S(=O)(=O)Cc3ccccc3Cl)C2)c1. The summed E-state index contributed by atoms with van der Waals surface area (Å²) >= 11 is 6.11. The number of hydrogen-bond donors (Lipinski definition) is 1. The lowest BCUT2D eigenvalue weighted by molar-refractivity contribution is -0.126. The third kappa shape index (κ3) is 5.34. The lowest BCUT2D eigenvalue weighted by Gasteiger charge is -2.31. The highest BCUT2D eigenvalue weighted by molar-refractivity contribution is 7.88. The molecule has 2 aromatic carbocycles. The van der Waals surface area contributed by atoms with E-state index >= 15 is 0 Å². The second kappa shape index (κ2) is 9.07. The molecule has 1 heterocycles. The van der Waals surface area contributed by atoms with Crippen molar-refractivity contribution in [2.45, 2.75) is 32.1 Å². The molecule has 5 nitrogen and oxygen atoms in total. The van der Waals surface area contributed by atoms with E-state index in [4.69, 9.17) is 11.6 Å². The molecule has 1 amide bonds. The topological polar surface area (TPSA) is 66.5 Å². The number of sulfonamides is 1. The van der Waals surface area contributed by atoms with Crippen LogP contribution >= 0.6 is 11.6 Å². The Morgan fingerprint density at radius 1 is 1.21 bits per heavy atom. The number of piperidine rings is 1. The minimum atomic E-state index is -3.53. The maximum atomic E-state index is 12.8. The van der Waals surface area contributed by atoms with E-state index in [9.17, 15) is 13.2 Å². The molecule has 3 rings (SSSR count). The largest absolute Gasteiger partial charge is 0.352 e. The first-order valence-corrected chi connectivity index (χ1v) is 11.4. The van der Waals surface area contributed by atoms with Gasteiger partial charge in [0.25, 0.3) is 0 Å². The Morgan fingerprint density at radius 3 is 2.75 bits per heavy atom. The van der Waals surface area contributed by atoms with E-state index in [0.29, 0.717) is 36.5 Å². The van der Waals surface area contributed by atoms with Crippen LogP contribution in [0.1, 0.15) is 29.5 Å². The predicted octanol–water partition coefficient (Wildman–Crippen LogP) is 3.51. The molecule has 1 fully saturated rings. The summed E-state index contributed by atoms with van der Waals surface area (Å²) in [5, 5.41) is 3.39. The molecule has 1 N–H and O–H groups in total. The standard InChI is InChI=1S/C21H25ClN2O3S/c1-16-6-4-7-17(12-16)13-23-21(25)18-9-5-11-24(14-18)28(26,27)15-19-8-2-3-10-20(19)22/h2-4,6-8,10,12,18H,5,9,11,13-15H2,1H3,(H,23,25)/t18-/m0/s1. The van der Waals surface area contributed by atoms with Crippen LogP contribution in [0.4, 0.5) is 0 Å². The fourth-order valence-corrected chi connectivity index (χ4v) is 5.39. The van der Waals surface area contributed by atoms with Crippen molar-refractivity contribution < 1.29 is 13.2 Å². The van der Waals surface area contributed by atoms with Crippen LogP contribution in [0.15, 0.2) is 48.5 Å². The van der Waals surface area contributed by atoms with Gasteiger partial charge in [0.05, 0.1) is 11.7 Å². The number of halogens is 1. The molecule has 1 aliphatic heterocycles. The number of nitrogens with zero attached hydrogens (tertiary/aromatic N) is 1. The maximum Gasteiger partial charge on any atom is 0.224 e. The highest BCUT2D eigenvalue weighted by Crippen LogP contribution is 2.24. The Hall–Kier alpha value is -1.89. The van der Waals surface area contributed by atoms with Gasteiger partial charge in [-0.25, -0.2) is 12.7 Å². The fraction of sp³-hybridized carbons (Fsp3) is 0.381. The van der Waals surface area contributed by atoms with Crippen LogP contribution in [0.5, 0.6) is 0 Å². The van der Waals surface area contributed by atoms with Crippen molar-refractivity contribution in [1.29, 1.82) is 0 Å². The Morgan fingerprint density at radius 2 is 2.00 bits per heavy atom. The normalized spacial score (nSPS) is 18.0. The van der Waals surface area contributed by atoms with Gasteiger partial charge in [0.15, 0.2) is 0 Å². The third-order valence-electron chi connectivity index (χ3n) is 4.99. The number of rotatable bonds is 6. The zero-order valence-electron chi connectivity index (χ0n) is 15.9. The van der Waals surface area contributed by atoms with Crippen molar-refractivity contribution in [1.82, 2.24) is 9.62 Å². The number of carbonyl (C=O) groups is 1. The van der Waals surface area contributed by atoms with Gasteiger partial charge in [-0.05, 0) is 37.0 Å². The molecule has 0 radical (unpaired) electrons. The molecule has 7 heteroatoms. The number of nitrogens with one attached hydrogen (secondary N) is 1. The summed E-state index contributed by atoms with van der Waals surface area (Å²) in [5.74, 6) is -0.580. The number of carbonyl (C=O) groups excluding carboxylic acids is 1. The van der Waals surface area contributed by atoms with Crippen molar-refractivity contribution in [3.05, 3.63) is 70.2 Å². The van der Waals surface area contributed by atoms with Crippen molar-refractivity contribution in [3.63, 3.8) is 0 Å². The van der Waals surface area contributed by atoms with E-state index in [1.54, 1.807) is 24.3 Å². The minimum Gasteiger partial charge on any atom is -0.352 e. The van der Waals surface area contributed by atoms with Gasteiger partial charge in [0, 0.05) is 24.7 Å². The lowest BCUT2D eigenvalue weighted by Crippen LogP contribution is -2.45. The zero-order valence-corrected chi connectivity index (χ0v) is 17.5. The number of amides is 1. The molecule has 0 saturated carbocycles. The molecule has 0 spiro atoms. The van der Waals surface area contributed by atoms with Crippen molar-refractivity contribution in [3.8, 4) is 0 Å². The van der Waals surface area contributed by atoms with E-state index < -0.39 is 10.0 Å². The molecule has 0 bridgehead atoms. The molecular formula is C21H25ClN2O3S. The first-order valence-electron chi connectivity index (χ1n) is 9.39. The predicted molar refractivity (Wildman–Crippen MR) is 111 cm³/mol. The van der Waals surface area contributed by atoms with Crippen LogP contribution in [0.25, 0.3) is 0 Å². The van der Waals surface area contributed by atoms with Crippen molar-refractivity contribution in [2.75, 3.05) is 13.1 Å². The third-order valence-corrected chi connectivity index (χ3v) is 7.16. The van der Waals surface area contributed by atoms with Crippen molar-refractivity contribution in [2.24, 2.45) is 5.92 Å². The monoisotopic (exact) mass is 420 g/mol. The summed E-state index contributed by atoms with van der Waals surface area (Å²) in [6.45, 7) is 3.11. The van der Waals surface area contributed by atoms with Gasteiger partial charge < -0.3 is 5.32 Å². The molecule has 0 aromatic heterocycles. The molecule has 0 unspecified atom stereocenters. The zero-order chi connectivity index (χ0) is 20.1. The number of hydrogen-bond acceptors (Lipinski definition) is 3. The first-order chi connectivity index (χ1) is 13.3. The van der Waals surface area contributed by atoms with E-state index in [0.717, 1.165) is 11.1 Å². The van der Waals surface area contributed by atoms with E-state index in [1.165, 1.54) is 4.31 Å². The summed E-state index contributed by atoms with van der Waals surface area (Å²) in [4.78, 5) is 12.6. The molecule has 150 valence electrons. The van der Waals surface area contributed by atoms with Gasteiger partial charge in [-0.15, -0.1) is 0 Å². The van der Waals surface area contributed by atoms with Crippen LogP contribution < -0.4 is 5.32 Å². The number of benzene rings is 2. The average Bonchev–Trinajstić information content (AvgIpc) is 2.68. The Balaban J connectivity index is 1.61. The molecule has 1 saturated heterocycles. The van der Waals surface area contributed by atoms with Crippen molar-refractivity contribution >= 4 is 27.5 Å². The summed E-state index contributed by atoms with van der Waals surface area (Å²) in [7, 11) is -3.53. The van der Waals surface area contributed by atoms with Crippen LogP contribution in [-0.4, -0.2) is 31.7 Å². The molecule has 28 heavy (non-hydrogen) atoms. The Bertz CT molecular complexity index is 946. The second-order valence-corrected chi connectivity index (χ2v) is 9.63. The summed E-state index contributed by atoms with van der Waals surface area (Å²) in [6, 6.07) is 14.9. The van der Waals surface area contributed by atoms with Gasteiger partial charge in [-0.2, -0.15) is 0 Å². The fourth-order valence-electron chi connectivity index (χ4n) is 3.47. The average molecular weight is 421 g/mol. The van der Waals surface area contributed by atoms with Gasteiger partial charge in [0.2, 0.25) is 15.9 Å². The smallest absolute Gasteiger partial charge is 0.224 e. The highest BCUT2D eigenvalue weighted by atomic mass is 35.5. The molecule has 1 aliphatic rings. The summed E-state index contributed by atoms with van der Waals surface area (Å²) in [5.41, 5.74) is 2.75. The summed E-state index contributed by atoms with van der Waals surface area (Å²) in [6.07, 6.45) is 1.36. The van der Waals surface area contributed by atoms with Crippen LogP contribution in [0.2, 0.25) is 5.02 Å². The van der Waals surface area contributed by atoms with E-state index in [1.807, 2.05) is 31.2 Å². The quantitative estimate of drug-likeness (QED) is 0.777. The molecule has 2 aromatic rings. The van der Waals surface area contributed by atoms with E-state index in [2.05, 4.69) is 5.32 Å². The van der Waals surface area contributed by atoms with Gasteiger partial charge in [-0.1, -0.05) is 59.6 Å². The first kappa shape index (κ1) is 20.8. The van der Waals surface area contributed by atoms with Crippen LogP contribution in [-0.2, 0) is 27.1 Å². The maximum absolute atomic E-state index is 12.8. The Labute approximate surface area is 171 Å². The lowest BCUT2D eigenvalue weighted by atomic mass is 9.98. The van der Waals surface area contributed by atoms with Gasteiger partial charge in [0.1, 0.15) is 0 Å².